The van der Waals surface area contributed by atoms with Crippen molar-refractivity contribution in [3.05, 3.63) is 11.9 Å². The van der Waals surface area contributed by atoms with Crippen molar-refractivity contribution in [3.8, 4) is 0 Å². The van der Waals surface area contributed by atoms with E-state index in [1.54, 1.807) is 0 Å². The monoisotopic (exact) mass is 271 g/mol. The molecule has 0 aromatic carbocycles. The summed E-state index contributed by atoms with van der Waals surface area (Å²) in [5.41, 5.74) is 1.01. The van der Waals surface area contributed by atoms with Gasteiger partial charge in [-0.2, -0.15) is 0 Å². The first-order chi connectivity index (χ1) is 9.24. The molecule has 1 heterocycles. The number of hydrogen-bond acceptors (Lipinski definition) is 5. The van der Waals surface area contributed by atoms with Gasteiger partial charge < -0.3 is 14.2 Å². The molecule has 0 aliphatic carbocycles. The highest BCUT2D eigenvalue weighted by atomic mass is 16.5. The summed E-state index contributed by atoms with van der Waals surface area (Å²) >= 11 is 0. The zero-order valence-corrected chi connectivity index (χ0v) is 12.2. The van der Waals surface area contributed by atoms with Gasteiger partial charge in [0.2, 0.25) is 0 Å². The fraction of sp³-hybridized carbons (Fsp3) is 0.846. The van der Waals surface area contributed by atoms with E-state index in [1.165, 1.54) is 0 Å². The lowest BCUT2D eigenvalue weighted by atomic mass is 10.2. The molecule has 0 amide bonds. The van der Waals surface area contributed by atoms with E-state index in [2.05, 4.69) is 24.2 Å². The van der Waals surface area contributed by atoms with Crippen molar-refractivity contribution in [1.82, 2.24) is 15.0 Å². The van der Waals surface area contributed by atoms with Crippen molar-refractivity contribution < 1.29 is 14.2 Å². The molecule has 0 aliphatic rings. The minimum atomic E-state index is 0.411. The maximum absolute atomic E-state index is 5.46. The summed E-state index contributed by atoms with van der Waals surface area (Å²) in [5, 5.41) is 8.14. The van der Waals surface area contributed by atoms with Gasteiger partial charge in [-0.1, -0.05) is 19.1 Å². The SMILES string of the molecule is CCOCCOCCOCCn1cc(C(C)C)nn1. The Kier molecular flexibility index (Phi) is 8.36. The number of rotatable bonds is 11. The average molecular weight is 271 g/mol. The van der Waals surface area contributed by atoms with Gasteiger partial charge in [-0.25, -0.2) is 4.68 Å². The minimum absolute atomic E-state index is 0.411. The van der Waals surface area contributed by atoms with Crippen LogP contribution in [0.2, 0.25) is 0 Å². The highest BCUT2D eigenvalue weighted by molar-refractivity contribution is 4.97. The van der Waals surface area contributed by atoms with Gasteiger partial charge in [0.15, 0.2) is 0 Å². The van der Waals surface area contributed by atoms with E-state index in [4.69, 9.17) is 14.2 Å². The van der Waals surface area contributed by atoms with Crippen molar-refractivity contribution in [2.75, 3.05) is 39.6 Å². The smallest absolute Gasteiger partial charge is 0.0852 e. The van der Waals surface area contributed by atoms with Crippen LogP contribution in [-0.2, 0) is 20.8 Å². The largest absolute Gasteiger partial charge is 0.379 e. The topological polar surface area (TPSA) is 58.4 Å². The van der Waals surface area contributed by atoms with Crippen LogP contribution in [0.5, 0.6) is 0 Å². The van der Waals surface area contributed by atoms with Crippen molar-refractivity contribution in [3.63, 3.8) is 0 Å². The van der Waals surface area contributed by atoms with Crippen LogP contribution in [0.15, 0.2) is 6.20 Å². The fourth-order valence-corrected chi connectivity index (χ4v) is 1.43. The molecule has 0 unspecified atom stereocenters. The van der Waals surface area contributed by atoms with Crippen LogP contribution in [0, 0.1) is 0 Å². The molecule has 6 nitrogen and oxygen atoms in total. The molecular weight excluding hydrogens is 246 g/mol. The maximum atomic E-state index is 5.46. The van der Waals surface area contributed by atoms with Crippen LogP contribution in [0.1, 0.15) is 32.4 Å². The summed E-state index contributed by atoms with van der Waals surface area (Å²) in [5.74, 6) is 0.411. The number of aromatic nitrogens is 3. The lowest BCUT2D eigenvalue weighted by molar-refractivity contribution is 0.0150. The molecule has 0 fully saturated rings. The van der Waals surface area contributed by atoms with E-state index >= 15 is 0 Å². The molecule has 0 saturated heterocycles. The fourth-order valence-electron chi connectivity index (χ4n) is 1.43. The second-order valence-electron chi connectivity index (χ2n) is 4.48. The molecule has 1 rings (SSSR count). The molecule has 19 heavy (non-hydrogen) atoms. The molecule has 1 aromatic heterocycles. The summed E-state index contributed by atoms with van der Waals surface area (Å²) in [6.45, 7) is 10.7. The predicted octanol–water partition coefficient (Wildman–Crippen LogP) is 1.47. The molecule has 0 radical (unpaired) electrons. The standard InChI is InChI=1S/C13H25N3O3/c1-4-17-7-8-19-10-9-18-6-5-16-11-13(12(2)3)14-15-16/h11-12H,4-10H2,1-3H3. The highest BCUT2D eigenvalue weighted by Gasteiger charge is 2.04. The third-order valence-corrected chi connectivity index (χ3v) is 2.56. The molecule has 0 atom stereocenters. The van der Waals surface area contributed by atoms with Gasteiger partial charge >= 0.3 is 0 Å². The Hall–Kier alpha value is -0.980. The molecule has 0 bridgehead atoms. The van der Waals surface area contributed by atoms with Crippen LogP contribution in [0.25, 0.3) is 0 Å². The van der Waals surface area contributed by atoms with Crippen LogP contribution in [-0.4, -0.2) is 54.6 Å². The first-order valence-electron chi connectivity index (χ1n) is 6.87. The molecule has 0 saturated carbocycles. The van der Waals surface area contributed by atoms with Crippen LogP contribution in [0.3, 0.4) is 0 Å². The number of nitrogens with zero attached hydrogens (tertiary/aromatic N) is 3. The number of hydrogen-bond donors (Lipinski definition) is 0. The van der Waals surface area contributed by atoms with Crippen molar-refractivity contribution in [2.45, 2.75) is 33.2 Å². The Morgan fingerprint density at radius 1 is 1.05 bits per heavy atom. The summed E-state index contributed by atoms with van der Waals surface area (Å²) in [7, 11) is 0. The van der Waals surface area contributed by atoms with Crippen molar-refractivity contribution >= 4 is 0 Å². The average Bonchev–Trinajstić information content (AvgIpc) is 2.86. The summed E-state index contributed by atoms with van der Waals surface area (Å²) in [6, 6.07) is 0. The van der Waals surface area contributed by atoms with Gasteiger partial charge in [-0.05, 0) is 12.8 Å². The van der Waals surface area contributed by atoms with E-state index in [1.807, 2.05) is 17.8 Å². The molecule has 0 spiro atoms. The highest BCUT2D eigenvalue weighted by Crippen LogP contribution is 2.08. The van der Waals surface area contributed by atoms with Crippen molar-refractivity contribution in [1.29, 1.82) is 0 Å². The van der Waals surface area contributed by atoms with Crippen LogP contribution in [0.4, 0.5) is 0 Å². The summed E-state index contributed by atoms with van der Waals surface area (Å²) in [6.07, 6.45) is 1.96. The molecule has 1 aromatic rings. The van der Waals surface area contributed by atoms with Crippen molar-refractivity contribution in [2.24, 2.45) is 0 Å². The number of ether oxygens (including phenoxy) is 3. The Bertz CT molecular complexity index is 329. The Morgan fingerprint density at radius 3 is 2.26 bits per heavy atom. The zero-order chi connectivity index (χ0) is 13.9. The second kappa shape index (κ2) is 9.89. The quantitative estimate of drug-likeness (QED) is 0.570. The summed E-state index contributed by atoms with van der Waals surface area (Å²) in [4.78, 5) is 0. The molecular formula is C13H25N3O3. The van der Waals surface area contributed by atoms with E-state index in [0.29, 0.717) is 39.0 Å². The Morgan fingerprint density at radius 2 is 1.68 bits per heavy atom. The first kappa shape index (κ1) is 16.1. The van der Waals surface area contributed by atoms with Gasteiger partial charge in [0.25, 0.3) is 0 Å². The van der Waals surface area contributed by atoms with Gasteiger partial charge in [0.1, 0.15) is 0 Å². The minimum Gasteiger partial charge on any atom is -0.379 e. The van der Waals surface area contributed by atoms with Crippen LogP contribution < -0.4 is 0 Å². The zero-order valence-electron chi connectivity index (χ0n) is 12.2. The predicted molar refractivity (Wildman–Crippen MR) is 72.2 cm³/mol. The maximum Gasteiger partial charge on any atom is 0.0852 e. The third kappa shape index (κ3) is 7.25. The first-order valence-corrected chi connectivity index (χ1v) is 6.87. The van der Waals surface area contributed by atoms with Crippen LogP contribution >= 0.6 is 0 Å². The lowest BCUT2D eigenvalue weighted by Crippen LogP contribution is -2.12. The molecule has 110 valence electrons. The summed E-state index contributed by atoms with van der Waals surface area (Å²) < 4.78 is 17.8. The van der Waals surface area contributed by atoms with Gasteiger partial charge in [0.05, 0.1) is 45.3 Å². The molecule has 0 aliphatic heterocycles. The Labute approximate surface area is 115 Å². The third-order valence-electron chi connectivity index (χ3n) is 2.56. The molecule has 0 N–H and O–H groups in total. The van der Waals surface area contributed by atoms with E-state index in [0.717, 1.165) is 18.8 Å². The van der Waals surface area contributed by atoms with Gasteiger partial charge in [-0.15, -0.1) is 5.10 Å². The normalized spacial score (nSPS) is 11.4. The lowest BCUT2D eigenvalue weighted by Gasteiger charge is -2.05. The van der Waals surface area contributed by atoms with E-state index in [9.17, 15) is 0 Å². The van der Waals surface area contributed by atoms with E-state index in [-0.39, 0.29) is 0 Å². The second-order valence-corrected chi connectivity index (χ2v) is 4.48. The van der Waals surface area contributed by atoms with Gasteiger partial charge in [-0.3, -0.25) is 0 Å². The van der Waals surface area contributed by atoms with E-state index < -0.39 is 0 Å². The molecule has 6 heteroatoms. The van der Waals surface area contributed by atoms with Gasteiger partial charge in [0, 0.05) is 12.8 Å². The Balaban J connectivity index is 1.95.